The highest BCUT2D eigenvalue weighted by molar-refractivity contribution is 7.80. The van der Waals surface area contributed by atoms with Crippen LogP contribution in [-0.2, 0) is 0 Å². The smallest absolute Gasteiger partial charge is 0.317 e. The second-order valence-electron chi connectivity index (χ2n) is 7.76. The van der Waals surface area contributed by atoms with Gasteiger partial charge in [0.05, 0.1) is 4.99 Å². The summed E-state index contributed by atoms with van der Waals surface area (Å²) in [6.07, 6.45) is 8.31. The zero-order valence-electron chi connectivity index (χ0n) is 13.1. The molecule has 118 valence electrons. The van der Waals surface area contributed by atoms with Crippen LogP contribution in [0.2, 0.25) is 0 Å². The summed E-state index contributed by atoms with van der Waals surface area (Å²) < 4.78 is 0. The van der Waals surface area contributed by atoms with Gasteiger partial charge in [0.2, 0.25) is 0 Å². The molecular weight excluding hydrogens is 282 g/mol. The van der Waals surface area contributed by atoms with Crippen molar-refractivity contribution >= 4 is 23.2 Å². The molecule has 0 radical (unpaired) electrons. The van der Waals surface area contributed by atoms with E-state index in [1.54, 1.807) is 4.90 Å². The number of carbonyl (C=O) groups is 1. The van der Waals surface area contributed by atoms with Crippen LogP contribution in [0.3, 0.4) is 0 Å². The molecule has 4 aliphatic carbocycles. The molecule has 4 fully saturated rings. The normalized spacial score (nSPS) is 38.1. The Hall–Kier alpha value is -0.840. The zero-order chi connectivity index (χ0) is 15.2. The first-order chi connectivity index (χ1) is 9.87. The van der Waals surface area contributed by atoms with E-state index in [0.29, 0.717) is 11.4 Å². The lowest BCUT2D eigenvalue weighted by atomic mass is 9.53. The second-order valence-corrected chi connectivity index (χ2v) is 8.28. The van der Waals surface area contributed by atoms with Gasteiger partial charge < -0.3 is 16.0 Å². The Morgan fingerprint density at radius 2 is 1.76 bits per heavy atom. The fourth-order valence-electron chi connectivity index (χ4n) is 5.21. The third-order valence-electron chi connectivity index (χ3n) is 5.89. The minimum absolute atomic E-state index is 0.0423. The van der Waals surface area contributed by atoms with Crippen LogP contribution in [0.15, 0.2) is 0 Å². The average molecular weight is 309 g/mol. The van der Waals surface area contributed by atoms with Crippen molar-refractivity contribution in [2.45, 2.75) is 63.5 Å². The van der Waals surface area contributed by atoms with Crippen LogP contribution in [-0.4, -0.2) is 34.5 Å². The zero-order valence-corrected chi connectivity index (χ0v) is 13.9. The van der Waals surface area contributed by atoms with Crippen LogP contribution in [0, 0.1) is 17.8 Å². The molecule has 4 aliphatic rings. The van der Waals surface area contributed by atoms with Gasteiger partial charge in [0.1, 0.15) is 0 Å². The molecular formula is C16H27N3OS. The quantitative estimate of drug-likeness (QED) is 0.785. The third-order valence-corrected chi connectivity index (χ3v) is 6.06. The molecule has 21 heavy (non-hydrogen) atoms. The van der Waals surface area contributed by atoms with Gasteiger partial charge in [0.15, 0.2) is 0 Å². The lowest BCUT2D eigenvalue weighted by molar-refractivity contribution is -0.0157. The number of nitrogens with one attached hydrogen (secondary N) is 1. The summed E-state index contributed by atoms with van der Waals surface area (Å²) in [4.78, 5) is 14.8. The summed E-state index contributed by atoms with van der Waals surface area (Å²) in [5.41, 5.74) is 5.66. The van der Waals surface area contributed by atoms with E-state index < -0.39 is 0 Å². The van der Waals surface area contributed by atoms with Gasteiger partial charge in [-0.3, -0.25) is 0 Å². The Morgan fingerprint density at radius 1 is 1.29 bits per heavy atom. The van der Waals surface area contributed by atoms with Crippen molar-refractivity contribution < 1.29 is 4.79 Å². The molecule has 5 heteroatoms. The molecule has 4 nitrogen and oxygen atoms in total. The van der Waals surface area contributed by atoms with Gasteiger partial charge >= 0.3 is 6.03 Å². The standard InChI is InChI=1S/C16H27N3OS/c1-10(3-14(17)21)19(2)15(20)18-16-7-11-4-12(8-16)6-13(5-11)9-16/h10-13H,3-9H2,1-2H3,(H2,17,21)(H,18,20). The Balaban J connectivity index is 1.63. The highest BCUT2D eigenvalue weighted by Gasteiger charge is 2.51. The molecule has 0 aromatic carbocycles. The van der Waals surface area contributed by atoms with Crippen LogP contribution < -0.4 is 11.1 Å². The number of hydrogen-bond donors (Lipinski definition) is 2. The van der Waals surface area contributed by atoms with Crippen molar-refractivity contribution in [1.82, 2.24) is 10.2 Å². The average Bonchev–Trinajstić information content (AvgIpc) is 2.34. The molecule has 1 unspecified atom stereocenters. The van der Waals surface area contributed by atoms with E-state index in [9.17, 15) is 4.79 Å². The van der Waals surface area contributed by atoms with Crippen LogP contribution >= 0.6 is 12.2 Å². The van der Waals surface area contributed by atoms with Gasteiger partial charge in [-0.25, -0.2) is 4.79 Å². The molecule has 0 aromatic heterocycles. The van der Waals surface area contributed by atoms with E-state index in [2.05, 4.69) is 5.32 Å². The van der Waals surface area contributed by atoms with Crippen LogP contribution in [0.5, 0.6) is 0 Å². The number of nitrogens with two attached hydrogens (primary N) is 1. The van der Waals surface area contributed by atoms with Crippen molar-refractivity contribution in [2.75, 3.05) is 7.05 Å². The maximum absolute atomic E-state index is 12.6. The number of nitrogens with zero attached hydrogens (tertiary/aromatic N) is 1. The SMILES string of the molecule is CC(CC(N)=S)N(C)C(=O)NC12CC3CC(CC(C3)C1)C2. The molecule has 3 N–H and O–H groups in total. The van der Waals surface area contributed by atoms with E-state index in [0.717, 1.165) is 17.8 Å². The molecule has 0 spiro atoms. The van der Waals surface area contributed by atoms with Gasteiger partial charge in [0, 0.05) is 25.0 Å². The molecule has 1 atom stereocenters. The Bertz CT molecular complexity index is 416. The number of carbonyl (C=O) groups excluding carboxylic acids is 1. The number of amides is 2. The van der Waals surface area contributed by atoms with E-state index in [4.69, 9.17) is 18.0 Å². The predicted octanol–water partition coefficient (Wildman–Crippen LogP) is 2.66. The molecule has 4 rings (SSSR count). The molecule has 0 aromatic rings. The number of thiocarbonyl (C=S) groups is 1. The largest absolute Gasteiger partial charge is 0.393 e. The Labute approximate surface area is 132 Å². The van der Waals surface area contributed by atoms with Crippen LogP contribution in [0.25, 0.3) is 0 Å². The third kappa shape index (κ3) is 3.03. The lowest BCUT2D eigenvalue weighted by Crippen LogP contribution is -2.62. The molecule has 0 saturated heterocycles. The van der Waals surface area contributed by atoms with Gasteiger partial charge in [0.25, 0.3) is 0 Å². The van der Waals surface area contributed by atoms with Gasteiger partial charge in [-0.2, -0.15) is 0 Å². The first-order valence-electron chi connectivity index (χ1n) is 8.20. The molecule has 4 saturated carbocycles. The number of hydrogen-bond acceptors (Lipinski definition) is 2. The second kappa shape index (κ2) is 5.41. The van der Waals surface area contributed by atoms with Gasteiger partial charge in [-0.15, -0.1) is 0 Å². The topological polar surface area (TPSA) is 58.4 Å². The van der Waals surface area contributed by atoms with Crippen molar-refractivity contribution in [3.05, 3.63) is 0 Å². The maximum Gasteiger partial charge on any atom is 0.317 e. The van der Waals surface area contributed by atoms with E-state index in [-0.39, 0.29) is 17.6 Å². The number of rotatable bonds is 4. The fraction of sp³-hybridized carbons (Fsp3) is 0.875. The van der Waals surface area contributed by atoms with Crippen LogP contribution in [0.4, 0.5) is 4.79 Å². The summed E-state index contributed by atoms with van der Waals surface area (Å²) in [5, 5.41) is 3.38. The molecule has 4 bridgehead atoms. The van der Waals surface area contributed by atoms with E-state index in [1.165, 1.54) is 38.5 Å². The van der Waals surface area contributed by atoms with E-state index >= 15 is 0 Å². The molecule has 2 amide bonds. The van der Waals surface area contributed by atoms with E-state index in [1.807, 2.05) is 14.0 Å². The summed E-state index contributed by atoms with van der Waals surface area (Å²) in [6, 6.07) is 0.0945. The maximum atomic E-state index is 12.6. The fourth-order valence-corrected chi connectivity index (χ4v) is 5.45. The van der Waals surface area contributed by atoms with Crippen molar-refractivity contribution in [3.63, 3.8) is 0 Å². The van der Waals surface area contributed by atoms with Crippen molar-refractivity contribution in [2.24, 2.45) is 23.5 Å². The molecule has 0 aliphatic heterocycles. The van der Waals surface area contributed by atoms with Crippen molar-refractivity contribution in [3.8, 4) is 0 Å². The minimum atomic E-state index is 0.0423. The first-order valence-corrected chi connectivity index (χ1v) is 8.61. The monoisotopic (exact) mass is 309 g/mol. The highest BCUT2D eigenvalue weighted by Crippen LogP contribution is 2.55. The number of urea groups is 1. The van der Waals surface area contributed by atoms with Gasteiger partial charge in [-0.05, 0) is 63.2 Å². The van der Waals surface area contributed by atoms with Crippen molar-refractivity contribution in [1.29, 1.82) is 0 Å². The minimum Gasteiger partial charge on any atom is -0.393 e. The lowest BCUT2D eigenvalue weighted by Gasteiger charge is -2.57. The summed E-state index contributed by atoms with van der Waals surface area (Å²) in [6.45, 7) is 2.00. The van der Waals surface area contributed by atoms with Gasteiger partial charge in [-0.1, -0.05) is 12.2 Å². The van der Waals surface area contributed by atoms with Crippen LogP contribution in [0.1, 0.15) is 51.9 Å². The summed E-state index contributed by atoms with van der Waals surface area (Å²) in [5.74, 6) is 2.53. The highest BCUT2D eigenvalue weighted by atomic mass is 32.1. The molecule has 0 heterocycles. The summed E-state index contributed by atoms with van der Waals surface area (Å²) >= 11 is 4.95. The predicted molar refractivity (Wildman–Crippen MR) is 88.1 cm³/mol. The Morgan fingerprint density at radius 3 is 2.19 bits per heavy atom. The Kier molecular flexibility index (Phi) is 3.89. The summed E-state index contributed by atoms with van der Waals surface area (Å²) in [7, 11) is 1.85. The first kappa shape index (κ1) is 15.1.